The van der Waals surface area contributed by atoms with Crippen LogP contribution in [0.5, 0.6) is 5.75 Å². The first-order chi connectivity index (χ1) is 7.79. The zero-order chi connectivity index (χ0) is 11.1. The van der Waals surface area contributed by atoms with Crippen molar-refractivity contribution >= 4 is 0 Å². The van der Waals surface area contributed by atoms with Crippen LogP contribution in [0, 0.1) is 6.92 Å². The molecule has 1 N–H and O–H groups in total. The average Bonchev–Trinajstić information content (AvgIpc) is 2.65. The molecule has 1 saturated heterocycles. The van der Waals surface area contributed by atoms with Crippen molar-refractivity contribution in [1.82, 2.24) is 5.32 Å². The Bertz CT molecular complexity index is 413. The van der Waals surface area contributed by atoms with Crippen molar-refractivity contribution < 1.29 is 4.74 Å². The molecule has 0 bridgehead atoms. The number of rotatable bonds is 1. The zero-order valence-corrected chi connectivity index (χ0v) is 10.0. The third kappa shape index (κ3) is 1.44. The first kappa shape index (κ1) is 10.2. The van der Waals surface area contributed by atoms with Gasteiger partial charge in [0.1, 0.15) is 5.75 Å². The van der Waals surface area contributed by atoms with E-state index in [4.69, 9.17) is 4.74 Å². The van der Waals surface area contributed by atoms with Gasteiger partial charge in [-0.15, -0.1) is 0 Å². The predicted octanol–water partition coefficient (Wildman–Crippen LogP) is 2.40. The molecule has 1 aliphatic carbocycles. The lowest BCUT2D eigenvalue weighted by atomic mass is 9.90. The van der Waals surface area contributed by atoms with Gasteiger partial charge in [-0.1, -0.05) is 6.07 Å². The number of hydrogen-bond donors (Lipinski definition) is 1. The summed E-state index contributed by atoms with van der Waals surface area (Å²) in [6, 6.07) is 5.26. The molecule has 86 valence electrons. The minimum absolute atomic E-state index is 0.676. The first-order valence-corrected chi connectivity index (χ1v) is 6.20. The highest BCUT2D eigenvalue weighted by Crippen LogP contribution is 2.41. The number of benzene rings is 1. The standard InChI is InChI=1S/C14H19NO/c1-9-6-10-7-13-11(4-3-5-15-13)12(10)8-14(9)16-2/h6,8,11,13,15H,3-5,7H2,1-2H3. The summed E-state index contributed by atoms with van der Waals surface area (Å²) in [7, 11) is 1.76. The molecular formula is C14H19NO. The molecule has 1 aliphatic heterocycles. The molecule has 1 fully saturated rings. The van der Waals surface area contributed by atoms with E-state index in [0.717, 1.165) is 11.7 Å². The smallest absolute Gasteiger partial charge is 0.122 e. The molecule has 2 nitrogen and oxygen atoms in total. The SMILES string of the molecule is COc1cc2c(cc1C)CC1NCCCC21. The molecule has 2 unspecified atom stereocenters. The van der Waals surface area contributed by atoms with E-state index >= 15 is 0 Å². The molecule has 1 aromatic carbocycles. The van der Waals surface area contributed by atoms with Crippen molar-refractivity contribution in [3.05, 3.63) is 28.8 Å². The molecule has 2 aliphatic rings. The van der Waals surface area contributed by atoms with Crippen LogP contribution in [0.1, 0.15) is 35.4 Å². The maximum absolute atomic E-state index is 5.43. The van der Waals surface area contributed by atoms with Gasteiger partial charge in [0.05, 0.1) is 7.11 Å². The maximum Gasteiger partial charge on any atom is 0.122 e. The Morgan fingerprint density at radius 3 is 3.06 bits per heavy atom. The fraction of sp³-hybridized carbons (Fsp3) is 0.571. The molecule has 2 heteroatoms. The number of nitrogens with one attached hydrogen (secondary N) is 1. The fourth-order valence-electron chi connectivity index (χ4n) is 3.28. The van der Waals surface area contributed by atoms with Gasteiger partial charge in [0.15, 0.2) is 0 Å². The maximum atomic E-state index is 5.43. The molecule has 0 amide bonds. The molecule has 16 heavy (non-hydrogen) atoms. The van der Waals surface area contributed by atoms with Crippen molar-refractivity contribution in [3.63, 3.8) is 0 Å². The van der Waals surface area contributed by atoms with Crippen LogP contribution in [0.25, 0.3) is 0 Å². The molecule has 3 rings (SSSR count). The molecular weight excluding hydrogens is 198 g/mol. The Morgan fingerprint density at radius 2 is 2.25 bits per heavy atom. The van der Waals surface area contributed by atoms with E-state index < -0.39 is 0 Å². The number of piperidine rings is 1. The molecule has 0 radical (unpaired) electrons. The predicted molar refractivity (Wildman–Crippen MR) is 65.2 cm³/mol. The molecule has 0 aromatic heterocycles. The Labute approximate surface area is 97.0 Å². The average molecular weight is 217 g/mol. The summed E-state index contributed by atoms with van der Waals surface area (Å²) in [5, 5.41) is 3.64. The lowest BCUT2D eigenvalue weighted by Crippen LogP contribution is -2.37. The van der Waals surface area contributed by atoms with Crippen LogP contribution in [-0.4, -0.2) is 19.7 Å². The van der Waals surface area contributed by atoms with E-state index in [2.05, 4.69) is 24.4 Å². The van der Waals surface area contributed by atoms with Crippen LogP contribution in [0.15, 0.2) is 12.1 Å². The monoisotopic (exact) mass is 217 g/mol. The van der Waals surface area contributed by atoms with Crippen molar-refractivity contribution in [2.75, 3.05) is 13.7 Å². The minimum atomic E-state index is 0.676. The lowest BCUT2D eigenvalue weighted by molar-refractivity contribution is 0.371. The second-order valence-electron chi connectivity index (χ2n) is 5.03. The van der Waals surface area contributed by atoms with Gasteiger partial charge in [-0.05, 0) is 61.4 Å². The van der Waals surface area contributed by atoms with Gasteiger partial charge in [-0.25, -0.2) is 0 Å². The van der Waals surface area contributed by atoms with Crippen LogP contribution in [0.4, 0.5) is 0 Å². The topological polar surface area (TPSA) is 21.3 Å². The third-order valence-electron chi connectivity index (χ3n) is 4.08. The molecule has 0 spiro atoms. The van der Waals surface area contributed by atoms with Gasteiger partial charge < -0.3 is 10.1 Å². The van der Waals surface area contributed by atoms with Crippen LogP contribution in [0.3, 0.4) is 0 Å². The highest BCUT2D eigenvalue weighted by molar-refractivity contribution is 5.47. The normalized spacial score (nSPS) is 27.4. The highest BCUT2D eigenvalue weighted by Gasteiger charge is 2.34. The van der Waals surface area contributed by atoms with Gasteiger partial charge >= 0.3 is 0 Å². The van der Waals surface area contributed by atoms with E-state index in [1.165, 1.54) is 42.5 Å². The van der Waals surface area contributed by atoms with Gasteiger partial charge in [0, 0.05) is 6.04 Å². The van der Waals surface area contributed by atoms with Crippen molar-refractivity contribution in [3.8, 4) is 5.75 Å². The van der Waals surface area contributed by atoms with E-state index in [-0.39, 0.29) is 0 Å². The van der Waals surface area contributed by atoms with Crippen LogP contribution < -0.4 is 10.1 Å². The van der Waals surface area contributed by atoms with Crippen LogP contribution in [0.2, 0.25) is 0 Å². The fourth-order valence-corrected chi connectivity index (χ4v) is 3.28. The van der Waals surface area contributed by atoms with E-state index in [1.807, 2.05) is 0 Å². The third-order valence-corrected chi connectivity index (χ3v) is 4.08. The summed E-state index contributed by atoms with van der Waals surface area (Å²) in [6.07, 6.45) is 3.83. The summed E-state index contributed by atoms with van der Waals surface area (Å²) in [4.78, 5) is 0. The van der Waals surface area contributed by atoms with Gasteiger partial charge in [0.2, 0.25) is 0 Å². The number of ether oxygens (including phenoxy) is 1. The molecule has 2 atom stereocenters. The number of methoxy groups -OCH3 is 1. The summed E-state index contributed by atoms with van der Waals surface area (Å²) in [5.41, 5.74) is 4.32. The second-order valence-corrected chi connectivity index (χ2v) is 5.03. The van der Waals surface area contributed by atoms with Gasteiger partial charge in [0.25, 0.3) is 0 Å². The van der Waals surface area contributed by atoms with E-state index in [0.29, 0.717) is 6.04 Å². The number of fused-ring (bicyclic) bond motifs is 3. The van der Waals surface area contributed by atoms with Crippen molar-refractivity contribution in [2.45, 2.75) is 38.1 Å². The summed E-state index contributed by atoms with van der Waals surface area (Å²) >= 11 is 0. The molecule has 1 aromatic rings. The van der Waals surface area contributed by atoms with Gasteiger partial charge in [-0.2, -0.15) is 0 Å². The lowest BCUT2D eigenvalue weighted by Gasteiger charge is -2.27. The largest absolute Gasteiger partial charge is 0.496 e. The Kier molecular flexibility index (Phi) is 2.40. The van der Waals surface area contributed by atoms with Crippen LogP contribution >= 0.6 is 0 Å². The van der Waals surface area contributed by atoms with Crippen LogP contribution in [-0.2, 0) is 6.42 Å². The summed E-state index contributed by atoms with van der Waals surface area (Å²) in [6.45, 7) is 3.32. The zero-order valence-electron chi connectivity index (χ0n) is 10.0. The Balaban J connectivity index is 2.02. The minimum Gasteiger partial charge on any atom is -0.496 e. The number of aryl methyl sites for hydroxylation is 1. The van der Waals surface area contributed by atoms with Gasteiger partial charge in [-0.3, -0.25) is 0 Å². The van der Waals surface area contributed by atoms with Crippen molar-refractivity contribution in [1.29, 1.82) is 0 Å². The first-order valence-electron chi connectivity index (χ1n) is 6.20. The molecule has 1 heterocycles. The second kappa shape index (κ2) is 3.77. The van der Waals surface area contributed by atoms with E-state index in [9.17, 15) is 0 Å². The highest BCUT2D eigenvalue weighted by atomic mass is 16.5. The quantitative estimate of drug-likeness (QED) is 0.780. The van der Waals surface area contributed by atoms with Crippen molar-refractivity contribution in [2.24, 2.45) is 0 Å². The summed E-state index contributed by atoms with van der Waals surface area (Å²) < 4.78 is 5.43. The Morgan fingerprint density at radius 1 is 1.38 bits per heavy atom. The Hall–Kier alpha value is -1.02. The summed E-state index contributed by atoms with van der Waals surface area (Å²) in [5.74, 6) is 1.77. The molecule has 0 saturated carbocycles. The number of hydrogen-bond acceptors (Lipinski definition) is 2. The van der Waals surface area contributed by atoms with E-state index in [1.54, 1.807) is 7.11 Å².